The van der Waals surface area contributed by atoms with Crippen LogP contribution in [0.4, 0.5) is 27.8 Å². The fraction of sp³-hybridized carbons (Fsp3) is 0.600. The first kappa shape index (κ1) is 18.5. The summed E-state index contributed by atoms with van der Waals surface area (Å²) in [5.41, 5.74) is -2.29. The minimum atomic E-state index is -5.78. The van der Waals surface area contributed by atoms with Gasteiger partial charge in [0.15, 0.2) is 0 Å². The Morgan fingerprint density at radius 3 is 2.42 bits per heavy atom. The average molecular weight is 377 g/mol. The van der Waals surface area contributed by atoms with Crippen molar-refractivity contribution in [1.82, 2.24) is 19.2 Å². The summed E-state index contributed by atoms with van der Waals surface area (Å²) in [5.74, 6) is -4.98. The summed E-state index contributed by atoms with van der Waals surface area (Å²) in [4.78, 5) is 16.1. The molecule has 1 aliphatic heterocycles. The molecule has 0 radical (unpaired) electrons. The summed E-state index contributed by atoms with van der Waals surface area (Å²) >= 11 is 0. The summed E-state index contributed by atoms with van der Waals surface area (Å²) in [6, 6.07) is 0. The lowest BCUT2D eigenvalue weighted by atomic mass is 10.1. The number of fused-ring (bicyclic) bond motifs is 2. The van der Waals surface area contributed by atoms with E-state index in [9.17, 15) is 26.7 Å². The van der Waals surface area contributed by atoms with Gasteiger partial charge in [0.1, 0.15) is 17.4 Å². The van der Waals surface area contributed by atoms with Crippen molar-refractivity contribution in [1.29, 1.82) is 0 Å². The highest BCUT2D eigenvalue weighted by atomic mass is 19.4. The zero-order chi connectivity index (χ0) is 19.3. The van der Waals surface area contributed by atoms with Gasteiger partial charge in [-0.2, -0.15) is 22.0 Å². The number of hydrogen-bond donors (Lipinski definition) is 0. The second-order valence-corrected chi connectivity index (χ2v) is 6.16. The maximum Gasteiger partial charge on any atom is 0.459 e. The predicted octanol–water partition coefficient (Wildman–Crippen LogP) is 3.22. The molecule has 0 spiro atoms. The van der Waals surface area contributed by atoms with Gasteiger partial charge in [0, 0.05) is 13.0 Å². The summed E-state index contributed by atoms with van der Waals surface area (Å²) in [7, 11) is 0. The fourth-order valence-electron chi connectivity index (χ4n) is 2.94. The molecule has 0 aromatic carbocycles. The number of unbranched alkanes of at least 4 members (excludes halogenated alkanes) is 2. The highest BCUT2D eigenvalue weighted by Crippen LogP contribution is 2.41. The van der Waals surface area contributed by atoms with Gasteiger partial charge >= 0.3 is 12.1 Å². The Morgan fingerprint density at radius 2 is 1.81 bits per heavy atom. The molecule has 3 heterocycles. The van der Waals surface area contributed by atoms with E-state index in [2.05, 4.69) is 15.2 Å². The third kappa shape index (κ3) is 2.69. The summed E-state index contributed by atoms with van der Waals surface area (Å²) in [6.45, 7) is 3.75. The second-order valence-electron chi connectivity index (χ2n) is 6.16. The molecule has 0 saturated heterocycles. The van der Waals surface area contributed by atoms with Crippen LogP contribution in [0.15, 0.2) is 9.79 Å². The molecule has 0 amide bonds. The van der Waals surface area contributed by atoms with Crippen molar-refractivity contribution in [3.63, 3.8) is 0 Å². The van der Waals surface area contributed by atoms with E-state index >= 15 is 0 Å². The van der Waals surface area contributed by atoms with Crippen LogP contribution in [0.3, 0.4) is 0 Å². The molecular formula is C15H16F5N5O. The second kappa shape index (κ2) is 6.13. The molecule has 3 rings (SSSR count). The van der Waals surface area contributed by atoms with Crippen molar-refractivity contribution in [2.45, 2.75) is 58.2 Å². The number of aryl methyl sites for hydroxylation is 2. The Kier molecular flexibility index (Phi) is 4.35. The van der Waals surface area contributed by atoms with Gasteiger partial charge in [0.25, 0.3) is 5.56 Å². The quantitative estimate of drug-likeness (QED) is 0.594. The number of rotatable bonds is 5. The van der Waals surface area contributed by atoms with Crippen LogP contribution in [0.25, 0.3) is 5.78 Å². The van der Waals surface area contributed by atoms with Gasteiger partial charge in [0.2, 0.25) is 5.78 Å². The zero-order valence-electron chi connectivity index (χ0n) is 14.1. The van der Waals surface area contributed by atoms with E-state index in [4.69, 9.17) is 0 Å². The van der Waals surface area contributed by atoms with Gasteiger partial charge in [-0.15, -0.1) is 10.2 Å². The molecule has 0 unspecified atom stereocenters. The van der Waals surface area contributed by atoms with Crippen LogP contribution in [0.2, 0.25) is 0 Å². The van der Waals surface area contributed by atoms with Gasteiger partial charge in [-0.25, -0.2) is 9.39 Å². The lowest BCUT2D eigenvalue weighted by Crippen LogP contribution is -2.44. The molecule has 0 aliphatic carbocycles. The Balaban J connectivity index is 2.19. The number of alkyl halides is 5. The molecule has 142 valence electrons. The van der Waals surface area contributed by atoms with E-state index in [0.29, 0.717) is 6.42 Å². The highest BCUT2D eigenvalue weighted by molar-refractivity contribution is 5.99. The molecule has 0 fully saturated rings. The van der Waals surface area contributed by atoms with Crippen LogP contribution in [-0.2, 0) is 13.0 Å². The van der Waals surface area contributed by atoms with Gasteiger partial charge in [-0.05, 0) is 13.3 Å². The molecule has 0 atom stereocenters. The van der Waals surface area contributed by atoms with E-state index < -0.39 is 29.8 Å². The molecule has 0 N–H and O–H groups in total. The van der Waals surface area contributed by atoms with Crippen molar-refractivity contribution in [2.24, 2.45) is 4.99 Å². The molecule has 2 aromatic heterocycles. The number of aromatic nitrogens is 4. The molecule has 26 heavy (non-hydrogen) atoms. The molecule has 2 aromatic rings. The van der Waals surface area contributed by atoms with Gasteiger partial charge in [-0.3, -0.25) is 9.36 Å². The SMILES string of the molecule is CCCCCn1c2c(c(=O)n3c(C)nnc13)CC(C(F)(F)C(F)(F)F)=N2. The van der Waals surface area contributed by atoms with Gasteiger partial charge < -0.3 is 0 Å². The van der Waals surface area contributed by atoms with E-state index in [0.717, 1.165) is 17.2 Å². The van der Waals surface area contributed by atoms with Crippen molar-refractivity contribution >= 4 is 17.3 Å². The van der Waals surface area contributed by atoms with Gasteiger partial charge in [-0.1, -0.05) is 19.8 Å². The first-order valence-corrected chi connectivity index (χ1v) is 8.09. The summed E-state index contributed by atoms with van der Waals surface area (Å²) in [5, 5.41) is 7.68. The third-order valence-corrected chi connectivity index (χ3v) is 4.32. The minimum Gasteiger partial charge on any atom is -0.294 e. The molecule has 11 heteroatoms. The van der Waals surface area contributed by atoms with Crippen LogP contribution in [0.1, 0.15) is 37.6 Å². The van der Waals surface area contributed by atoms with E-state index in [1.807, 2.05) is 6.92 Å². The summed E-state index contributed by atoms with van der Waals surface area (Å²) < 4.78 is 68.1. The number of hydrogen-bond acceptors (Lipinski definition) is 4. The van der Waals surface area contributed by atoms with Crippen molar-refractivity contribution < 1.29 is 22.0 Å². The topological polar surface area (TPSA) is 64.5 Å². The predicted molar refractivity (Wildman–Crippen MR) is 83.3 cm³/mol. The molecule has 6 nitrogen and oxygen atoms in total. The first-order chi connectivity index (χ1) is 12.1. The summed E-state index contributed by atoms with van der Waals surface area (Å²) in [6.07, 6.45) is -4.31. The van der Waals surface area contributed by atoms with Crippen LogP contribution in [0.5, 0.6) is 0 Å². The molecule has 1 aliphatic rings. The Labute approximate surface area is 144 Å². The molecular weight excluding hydrogens is 361 g/mol. The van der Waals surface area contributed by atoms with Crippen molar-refractivity contribution in [3.8, 4) is 0 Å². The average Bonchev–Trinajstić information content (AvgIpc) is 3.15. The monoisotopic (exact) mass is 377 g/mol. The number of nitrogens with zero attached hydrogens (tertiary/aromatic N) is 5. The maximum atomic E-state index is 13.7. The Hall–Kier alpha value is -2.33. The molecule has 0 saturated carbocycles. The van der Waals surface area contributed by atoms with Crippen molar-refractivity contribution in [2.75, 3.05) is 0 Å². The smallest absolute Gasteiger partial charge is 0.294 e. The molecule has 0 bridgehead atoms. The Bertz CT molecular complexity index is 941. The normalized spacial score (nSPS) is 14.8. The third-order valence-electron chi connectivity index (χ3n) is 4.32. The standard InChI is InChI=1S/C15H16F5N5O/c1-3-4-5-6-24-11-9(12(26)25-8(2)22-23-13(24)25)7-10(21-11)14(16,17)15(18,19)20/h3-7H2,1-2H3. The fourth-order valence-corrected chi connectivity index (χ4v) is 2.94. The number of halogens is 5. The lowest BCUT2D eigenvalue weighted by molar-refractivity contribution is -0.249. The van der Waals surface area contributed by atoms with Crippen LogP contribution in [-0.4, -0.2) is 37.0 Å². The first-order valence-electron chi connectivity index (χ1n) is 8.09. The minimum absolute atomic E-state index is 0.0858. The lowest BCUT2D eigenvalue weighted by Gasteiger charge is -2.18. The zero-order valence-corrected chi connectivity index (χ0v) is 14.1. The van der Waals surface area contributed by atoms with Crippen LogP contribution in [0, 0.1) is 6.92 Å². The van der Waals surface area contributed by atoms with Crippen molar-refractivity contribution in [3.05, 3.63) is 21.7 Å². The van der Waals surface area contributed by atoms with Crippen LogP contribution >= 0.6 is 0 Å². The largest absolute Gasteiger partial charge is 0.459 e. The number of aliphatic imine (C=N–C) groups is 1. The maximum absolute atomic E-state index is 13.7. The van der Waals surface area contributed by atoms with E-state index in [-0.39, 0.29) is 29.5 Å². The van der Waals surface area contributed by atoms with E-state index in [1.165, 1.54) is 11.5 Å². The highest BCUT2D eigenvalue weighted by Gasteiger charge is 2.62. The Morgan fingerprint density at radius 1 is 1.12 bits per heavy atom. The van der Waals surface area contributed by atoms with E-state index in [1.54, 1.807) is 0 Å². The van der Waals surface area contributed by atoms with Gasteiger partial charge in [0.05, 0.1) is 5.56 Å². The van der Waals surface area contributed by atoms with Crippen LogP contribution < -0.4 is 5.56 Å².